The summed E-state index contributed by atoms with van der Waals surface area (Å²) in [4.78, 5) is 44.9. The molecule has 0 aromatic heterocycles. The molecule has 2 rings (SSSR count). The third-order valence-corrected chi connectivity index (χ3v) is 4.24. The minimum Gasteiger partial charge on any atom is -0.262 e. The molecule has 2 aromatic carbocycles. The standard InChI is InChI=1S/C20H20N6O6/c1-3-17(13-7-5-9-15(11-13)25(29)30)21-23-19(27)20(28)24-22-18(4-2)14-8-6-10-16(12-14)26(31)32/h5-12H,3-4H2,1-2H3,(H,23,27)(H,24,28)/b21-17+,22-18+. The van der Waals surface area contributed by atoms with Crippen LogP contribution in [-0.2, 0) is 9.59 Å². The third kappa shape index (κ3) is 6.26. The second-order valence-corrected chi connectivity index (χ2v) is 6.32. The van der Waals surface area contributed by atoms with Gasteiger partial charge < -0.3 is 0 Å². The zero-order valence-electron chi connectivity index (χ0n) is 17.3. The van der Waals surface area contributed by atoms with Crippen molar-refractivity contribution in [3.63, 3.8) is 0 Å². The van der Waals surface area contributed by atoms with E-state index >= 15 is 0 Å². The first kappa shape index (κ1) is 23.8. The molecule has 0 fully saturated rings. The first-order valence-electron chi connectivity index (χ1n) is 9.49. The summed E-state index contributed by atoms with van der Waals surface area (Å²) < 4.78 is 0. The van der Waals surface area contributed by atoms with Gasteiger partial charge in [0, 0.05) is 35.4 Å². The summed E-state index contributed by atoms with van der Waals surface area (Å²) >= 11 is 0. The lowest BCUT2D eigenvalue weighted by Crippen LogP contribution is -2.36. The fourth-order valence-electron chi connectivity index (χ4n) is 2.63. The van der Waals surface area contributed by atoms with E-state index in [2.05, 4.69) is 21.1 Å². The largest absolute Gasteiger partial charge is 0.331 e. The summed E-state index contributed by atoms with van der Waals surface area (Å²) in [6.45, 7) is 3.47. The molecule has 2 aromatic rings. The number of non-ortho nitro benzene ring substituents is 2. The number of hydrazone groups is 2. The van der Waals surface area contributed by atoms with Gasteiger partial charge in [-0.2, -0.15) is 10.2 Å². The molecule has 0 heterocycles. The van der Waals surface area contributed by atoms with Crippen LogP contribution in [-0.4, -0.2) is 33.1 Å². The van der Waals surface area contributed by atoms with Gasteiger partial charge in [0.25, 0.3) is 11.4 Å². The zero-order chi connectivity index (χ0) is 23.7. The second-order valence-electron chi connectivity index (χ2n) is 6.32. The summed E-state index contributed by atoms with van der Waals surface area (Å²) in [5, 5.41) is 29.6. The number of carbonyl (C=O) groups is 2. The lowest BCUT2D eigenvalue weighted by molar-refractivity contribution is -0.385. The lowest BCUT2D eigenvalue weighted by atomic mass is 10.1. The summed E-state index contributed by atoms with van der Waals surface area (Å²) in [6.07, 6.45) is 0.683. The molecule has 0 saturated heterocycles. The fraction of sp³-hybridized carbons (Fsp3) is 0.200. The Morgan fingerprint density at radius 2 is 1.16 bits per heavy atom. The molecule has 0 aliphatic carbocycles. The van der Waals surface area contributed by atoms with E-state index in [1.807, 2.05) is 0 Å². The summed E-state index contributed by atoms with van der Waals surface area (Å²) in [6, 6.07) is 11.4. The Kier molecular flexibility index (Phi) is 8.22. The highest BCUT2D eigenvalue weighted by molar-refractivity contribution is 6.35. The Labute approximate surface area is 182 Å². The smallest absolute Gasteiger partial charge is 0.262 e. The number of nitro groups is 2. The van der Waals surface area contributed by atoms with Crippen molar-refractivity contribution in [1.82, 2.24) is 10.9 Å². The maximum Gasteiger partial charge on any atom is 0.331 e. The van der Waals surface area contributed by atoms with E-state index in [-0.39, 0.29) is 11.4 Å². The fourth-order valence-corrected chi connectivity index (χ4v) is 2.63. The number of amides is 2. The van der Waals surface area contributed by atoms with Crippen molar-refractivity contribution >= 4 is 34.6 Å². The summed E-state index contributed by atoms with van der Waals surface area (Å²) in [5.74, 6) is -2.20. The molecule has 0 unspecified atom stereocenters. The summed E-state index contributed by atoms with van der Waals surface area (Å²) in [5.41, 5.74) is 5.47. The average Bonchev–Trinajstić information content (AvgIpc) is 2.79. The van der Waals surface area contributed by atoms with E-state index in [0.29, 0.717) is 35.4 Å². The van der Waals surface area contributed by atoms with Gasteiger partial charge in [-0.3, -0.25) is 29.8 Å². The SMILES string of the molecule is CC/C(=N\NC(=O)C(=O)N/N=C(\CC)c1cccc([N+](=O)[O-])c1)c1cccc([N+](=O)[O-])c1. The minimum atomic E-state index is -1.10. The molecule has 0 radical (unpaired) electrons. The van der Waals surface area contributed by atoms with Crippen molar-refractivity contribution in [3.8, 4) is 0 Å². The molecule has 0 aliphatic rings. The van der Waals surface area contributed by atoms with Crippen LogP contribution in [0.15, 0.2) is 58.7 Å². The predicted octanol–water partition coefficient (Wildman–Crippen LogP) is 2.66. The number of benzene rings is 2. The molecule has 0 spiro atoms. The van der Waals surface area contributed by atoms with Gasteiger partial charge in [0.2, 0.25) is 0 Å². The number of hydrogen-bond acceptors (Lipinski definition) is 8. The summed E-state index contributed by atoms with van der Waals surface area (Å²) in [7, 11) is 0. The Morgan fingerprint density at radius 1 is 0.781 bits per heavy atom. The first-order valence-corrected chi connectivity index (χ1v) is 9.49. The quantitative estimate of drug-likeness (QED) is 0.277. The molecule has 2 N–H and O–H groups in total. The lowest BCUT2D eigenvalue weighted by Gasteiger charge is -2.06. The molecular weight excluding hydrogens is 420 g/mol. The van der Waals surface area contributed by atoms with E-state index in [4.69, 9.17) is 0 Å². The van der Waals surface area contributed by atoms with Crippen molar-refractivity contribution in [2.45, 2.75) is 26.7 Å². The van der Waals surface area contributed by atoms with Crippen LogP contribution in [0, 0.1) is 20.2 Å². The zero-order valence-corrected chi connectivity index (χ0v) is 17.3. The maximum atomic E-state index is 12.1. The predicted molar refractivity (Wildman–Crippen MR) is 116 cm³/mol. The highest BCUT2D eigenvalue weighted by Gasteiger charge is 2.15. The molecule has 0 bridgehead atoms. The monoisotopic (exact) mass is 440 g/mol. The number of nitrogens with zero attached hydrogens (tertiary/aromatic N) is 4. The van der Waals surface area contributed by atoms with E-state index in [0.717, 1.165) is 0 Å². The van der Waals surface area contributed by atoms with Gasteiger partial charge in [0.05, 0.1) is 21.3 Å². The normalized spacial score (nSPS) is 11.6. The van der Waals surface area contributed by atoms with E-state index in [1.54, 1.807) is 26.0 Å². The Bertz CT molecular complexity index is 1020. The minimum absolute atomic E-state index is 0.129. The van der Waals surface area contributed by atoms with Crippen molar-refractivity contribution in [2.24, 2.45) is 10.2 Å². The van der Waals surface area contributed by atoms with Crippen LogP contribution in [0.2, 0.25) is 0 Å². The molecule has 32 heavy (non-hydrogen) atoms. The number of hydrogen-bond donors (Lipinski definition) is 2. The average molecular weight is 440 g/mol. The van der Waals surface area contributed by atoms with E-state index in [9.17, 15) is 29.8 Å². The topological polar surface area (TPSA) is 169 Å². The Morgan fingerprint density at radius 3 is 1.47 bits per heavy atom. The van der Waals surface area contributed by atoms with Crippen molar-refractivity contribution in [1.29, 1.82) is 0 Å². The highest BCUT2D eigenvalue weighted by atomic mass is 16.6. The molecule has 12 nitrogen and oxygen atoms in total. The van der Waals surface area contributed by atoms with Gasteiger partial charge in [0.15, 0.2) is 0 Å². The van der Waals surface area contributed by atoms with Crippen LogP contribution in [0.1, 0.15) is 37.8 Å². The van der Waals surface area contributed by atoms with Crippen LogP contribution < -0.4 is 10.9 Å². The van der Waals surface area contributed by atoms with Gasteiger partial charge in [-0.05, 0) is 12.8 Å². The molecule has 12 heteroatoms. The van der Waals surface area contributed by atoms with Crippen molar-refractivity contribution < 1.29 is 19.4 Å². The molecule has 0 atom stereocenters. The van der Waals surface area contributed by atoms with E-state index in [1.165, 1.54) is 36.4 Å². The number of nitrogens with one attached hydrogen (secondary N) is 2. The van der Waals surface area contributed by atoms with Gasteiger partial charge in [0.1, 0.15) is 0 Å². The third-order valence-electron chi connectivity index (χ3n) is 4.24. The first-order chi connectivity index (χ1) is 15.3. The molecular formula is C20H20N6O6. The van der Waals surface area contributed by atoms with Crippen LogP contribution in [0.5, 0.6) is 0 Å². The van der Waals surface area contributed by atoms with Crippen LogP contribution in [0.4, 0.5) is 11.4 Å². The Hall–Kier alpha value is -4.48. The molecule has 2 amide bonds. The Balaban J connectivity index is 2.10. The highest BCUT2D eigenvalue weighted by Crippen LogP contribution is 2.16. The second kappa shape index (κ2) is 11.1. The van der Waals surface area contributed by atoms with Crippen molar-refractivity contribution in [3.05, 3.63) is 79.9 Å². The number of rotatable bonds is 8. The van der Waals surface area contributed by atoms with Crippen LogP contribution >= 0.6 is 0 Å². The molecule has 0 saturated carbocycles. The van der Waals surface area contributed by atoms with Crippen molar-refractivity contribution in [2.75, 3.05) is 0 Å². The van der Waals surface area contributed by atoms with Gasteiger partial charge in [-0.15, -0.1) is 0 Å². The van der Waals surface area contributed by atoms with Crippen LogP contribution in [0.3, 0.4) is 0 Å². The number of nitro benzene ring substituents is 2. The van der Waals surface area contributed by atoms with Gasteiger partial charge >= 0.3 is 11.8 Å². The number of carbonyl (C=O) groups excluding carboxylic acids is 2. The van der Waals surface area contributed by atoms with Crippen LogP contribution in [0.25, 0.3) is 0 Å². The molecule has 166 valence electrons. The van der Waals surface area contributed by atoms with E-state index < -0.39 is 21.7 Å². The maximum absolute atomic E-state index is 12.1. The van der Waals surface area contributed by atoms with Gasteiger partial charge in [-0.1, -0.05) is 38.1 Å². The van der Waals surface area contributed by atoms with Gasteiger partial charge in [-0.25, -0.2) is 10.9 Å². The molecule has 0 aliphatic heterocycles.